The van der Waals surface area contributed by atoms with Crippen LogP contribution in [0.15, 0.2) is 47.4 Å². The monoisotopic (exact) mass is 437 g/mol. The maximum atomic E-state index is 13.2. The summed E-state index contributed by atoms with van der Waals surface area (Å²) >= 11 is 7.46. The van der Waals surface area contributed by atoms with Crippen molar-refractivity contribution in [2.45, 2.75) is 4.90 Å². The lowest BCUT2D eigenvalue weighted by Gasteiger charge is -2.22. The Morgan fingerprint density at radius 3 is 2.39 bits per heavy atom. The number of amides is 1. The number of hydrogen-bond donors (Lipinski definition) is 0. The maximum absolute atomic E-state index is 13.2. The Morgan fingerprint density at radius 2 is 1.79 bits per heavy atom. The van der Waals surface area contributed by atoms with Crippen LogP contribution in [0.3, 0.4) is 0 Å². The first kappa shape index (κ1) is 20.7. The van der Waals surface area contributed by atoms with E-state index in [1.54, 1.807) is 11.0 Å². The average molecular weight is 438 g/mol. The van der Waals surface area contributed by atoms with Crippen LogP contribution in [-0.2, 0) is 9.84 Å². The van der Waals surface area contributed by atoms with E-state index >= 15 is 0 Å². The third-order valence-electron chi connectivity index (χ3n) is 4.12. The molecule has 148 valence electrons. The summed E-state index contributed by atoms with van der Waals surface area (Å²) < 4.78 is 24.2. The maximum Gasteiger partial charge on any atom is 0.260 e. The fraction of sp³-hybridized carbons (Fsp3) is 0.263. The average Bonchev–Trinajstić information content (AvgIpc) is 3.03. The number of rotatable bonds is 6. The van der Waals surface area contributed by atoms with E-state index in [1.807, 2.05) is 31.1 Å². The molecule has 0 saturated carbocycles. The second kappa shape index (κ2) is 8.16. The Hall–Kier alpha value is -2.00. The van der Waals surface area contributed by atoms with Crippen molar-refractivity contribution >= 4 is 54.0 Å². The molecule has 0 fully saturated rings. The predicted molar refractivity (Wildman–Crippen MR) is 114 cm³/mol. The zero-order chi connectivity index (χ0) is 20.5. The van der Waals surface area contributed by atoms with E-state index in [1.165, 1.54) is 35.6 Å². The molecule has 0 saturated heterocycles. The Balaban J connectivity index is 1.97. The Kier molecular flexibility index (Phi) is 6.04. The van der Waals surface area contributed by atoms with Crippen molar-refractivity contribution in [3.05, 3.63) is 53.1 Å². The highest BCUT2D eigenvalue weighted by Gasteiger charge is 2.22. The van der Waals surface area contributed by atoms with Crippen molar-refractivity contribution in [2.24, 2.45) is 0 Å². The van der Waals surface area contributed by atoms with Crippen molar-refractivity contribution < 1.29 is 13.2 Å². The standard InChI is InChI=1S/C19H20ClN3O3S2/c1-22(2)10-11-23(19-21-16-9-6-14(20)12-17(16)27-19)18(24)13-4-7-15(8-5-13)28(3,25)26/h4-9,12H,10-11H2,1-3H3. The summed E-state index contributed by atoms with van der Waals surface area (Å²) in [6.45, 7) is 1.11. The number of nitrogens with zero attached hydrogens (tertiary/aromatic N) is 3. The number of thiazole rings is 1. The number of sulfone groups is 1. The van der Waals surface area contributed by atoms with E-state index in [4.69, 9.17) is 11.6 Å². The predicted octanol–water partition coefficient (Wildman–Crippen LogP) is 3.56. The summed E-state index contributed by atoms with van der Waals surface area (Å²) in [5.74, 6) is -0.230. The molecule has 0 aliphatic carbocycles. The van der Waals surface area contributed by atoms with Crippen molar-refractivity contribution in [2.75, 3.05) is 38.3 Å². The van der Waals surface area contributed by atoms with Crippen LogP contribution in [0, 0.1) is 0 Å². The molecule has 0 bridgehead atoms. The number of halogens is 1. The molecule has 0 spiro atoms. The fourth-order valence-corrected chi connectivity index (χ4v) is 4.48. The molecule has 0 radical (unpaired) electrons. The van der Waals surface area contributed by atoms with Gasteiger partial charge in [0.1, 0.15) is 0 Å². The molecule has 3 rings (SSSR count). The van der Waals surface area contributed by atoms with Crippen LogP contribution in [0.1, 0.15) is 10.4 Å². The fourth-order valence-electron chi connectivity index (χ4n) is 2.59. The van der Waals surface area contributed by atoms with Crippen LogP contribution in [0.4, 0.5) is 5.13 Å². The first-order chi connectivity index (χ1) is 13.1. The van der Waals surface area contributed by atoms with Crippen molar-refractivity contribution in [1.82, 2.24) is 9.88 Å². The number of hydrogen-bond acceptors (Lipinski definition) is 6. The van der Waals surface area contributed by atoms with Crippen LogP contribution >= 0.6 is 22.9 Å². The van der Waals surface area contributed by atoms with Gasteiger partial charge in [-0.1, -0.05) is 22.9 Å². The molecule has 0 atom stereocenters. The first-order valence-corrected chi connectivity index (χ1v) is 11.6. The normalized spacial score (nSPS) is 11.9. The van der Waals surface area contributed by atoms with E-state index < -0.39 is 9.84 Å². The SMILES string of the molecule is CN(C)CCN(C(=O)c1ccc(S(C)(=O)=O)cc1)c1nc2ccc(Cl)cc2s1. The van der Waals surface area contributed by atoms with Gasteiger partial charge in [0.25, 0.3) is 5.91 Å². The van der Waals surface area contributed by atoms with E-state index in [2.05, 4.69) is 4.98 Å². The van der Waals surface area contributed by atoms with E-state index in [9.17, 15) is 13.2 Å². The van der Waals surface area contributed by atoms with Crippen LogP contribution < -0.4 is 4.90 Å². The highest BCUT2D eigenvalue weighted by molar-refractivity contribution is 7.90. The molecule has 1 heterocycles. The van der Waals surface area contributed by atoms with Gasteiger partial charge >= 0.3 is 0 Å². The second-order valence-electron chi connectivity index (χ2n) is 6.67. The number of aromatic nitrogens is 1. The van der Waals surface area contributed by atoms with E-state index in [0.29, 0.717) is 28.8 Å². The summed E-state index contributed by atoms with van der Waals surface area (Å²) in [6, 6.07) is 11.4. The van der Waals surface area contributed by atoms with Gasteiger partial charge in [0, 0.05) is 29.9 Å². The topological polar surface area (TPSA) is 70.6 Å². The molecule has 1 amide bonds. The van der Waals surface area contributed by atoms with Gasteiger partial charge in [0.05, 0.1) is 15.1 Å². The summed E-state index contributed by atoms with van der Waals surface area (Å²) in [6.07, 6.45) is 1.14. The molecule has 9 heteroatoms. The van der Waals surface area contributed by atoms with Crippen LogP contribution in [-0.4, -0.2) is 57.6 Å². The van der Waals surface area contributed by atoms with Gasteiger partial charge in [-0.05, 0) is 56.6 Å². The Labute approximate surface area is 173 Å². The zero-order valence-electron chi connectivity index (χ0n) is 15.7. The number of carbonyl (C=O) groups is 1. The van der Waals surface area contributed by atoms with Crippen molar-refractivity contribution in [3.63, 3.8) is 0 Å². The number of fused-ring (bicyclic) bond motifs is 1. The minimum atomic E-state index is -3.31. The molecule has 0 aliphatic rings. The second-order valence-corrected chi connectivity index (χ2v) is 10.1. The lowest BCUT2D eigenvalue weighted by molar-refractivity contribution is 0.0985. The van der Waals surface area contributed by atoms with Crippen molar-refractivity contribution in [1.29, 1.82) is 0 Å². The number of anilines is 1. The smallest absolute Gasteiger partial charge is 0.260 e. The van der Waals surface area contributed by atoms with Gasteiger partial charge in [-0.3, -0.25) is 9.69 Å². The molecule has 28 heavy (non-hydrogen) atoms. The van der Waals surface area contributed by atoms with E-state index in [0.717, 1.165) is 16.5 Å². The summed E-state index contributed by atoms with van der Waals surface area (Å²) in [5.41, 5.74) is 1.18. The number of carbonyl (C=O) groups excluding carboxylic acids is 1. The molecular formula is C19H20ClN3O3S2. The third kappa shape index (κ3) is 4.70. The molecule has 3 aromatic rings. The van der Waals surface area contributed by atoms with Gasteiger partial charge in [-0.2, -0.15) is 0 Å². The molecule has 2 aromatic carbocycles. The molecule has 1 aromatic heterocycles. The highest BCUT2D eigenvalue weighted by Crippen LogP contribution is 2.31. The van der Waals surface area contributed by atoms with Gasteiger partial charge in [-0.25, -0.2) is 13.4 Å². The summed E-state index contributed by atoms with van der Waals surface area (Å²) in [5, 5.41) is 1.20. The minimum Gasteiger partial charge on any atom is -0.308 e. The molecular weight excluding hydrogens is 418 g/mol. The molecule has 6 nitrogen and oxygen atoms in total. The number of likely N-dealkylation sites (N-methyl/N-ethyl adjacent to an activating group) is 1. The number of benzene rings is 2. The molecule has 0 unspecified atom stereocenters. The first-order valence-electron chi connectivity index (χ1n) is 8.48. The van der Waals surface area contributed by atoms with Crippen LogP contribution in [0.2, 0.25) is 5.02 Å². The highest BCUT2D eigenvalue weighted by atomic mass is 35.5. The zero-order valence-corrected chi connectivity index (χ0v) is 18.1. The van der Waals surface area contributed by atoms with Gasteiger partial charge in [-0.15, -0.1) is 0 Å². The van der Waals surface area contributed by atoms with Gasteiger partial charge in [0.2, 0.25) is 0 Å². The molecule has 0 N–H and O–H groups in total. The minimum absolute atomic E-state index is 0.179. The van der Waals surface area contributed by atoms with E-state index in [-0.39, 0.29) is 10.8 Å². The lowest BCUT2D eigenvalue weighted by Crippen LogP contribution is -2.36. The van der Waals surface area contributed by atoms with Crippen LogP contribution in [0.5, 0.6) is 0 Å². The third-order valence-corrected chi connectivity index (χ3v) is 6.52. The van der Waals surface area contributed by atoms with Gasteiger partial charge < -0.3 is 4.90 Å². The summed E-state index contributed by atoms with van der Waals surface area (Å²) in [7, 11) is 0.550. The van der Waals surface area contributed by atoms with Gasteiger partial charge in [0.15, 0.2) is 15.0 Å². The van der Waals surface area contributed by atoms with Crippen molar-refractivity contribution in [3.8, 4) is 0 Å². The quantitative estimate of drug-likeness (QED) is 0.589. The summed E-state index contributed by atoms with van der Waals surface area (Å²) in [4.78, 5) is 21.5. The van der Waals surface area contributed by atoms with Crippen LogP contribution in [0.25, 0.3) is 10.2 Å². The lowest BCUT2D eigenvalue weighted by atomic mass is 10.2. The Morgan fingerprint density at radius 1 is 1.11 bits per heavy atom. The largest absolute Gasteiger partial charge is 0.308 e. The Bertz CT molecular complexity index is 1110. The molecule has 0 aliphatic heterocycles.